The van der Waals surface area contributed by atoms with Crippen molar-refractivity contribution < 1.29 is 17.4 Å². The summed E-state index contributed by atoms with van der Waals surface area (Å²) >= 11 is 0. The molecule has 0 unspecified atom stereocenters. The standard InChI is InChI=1S/C26H36O4S/c1-17-4-7-20(8-5-17)31(28,29)30-19-12-14-25(2)18(16-19)6-9-21-22-10-11-24(27)26(22,3)15-13-23(21)25/h4-5,7-8,18-19,21-23H,6,9-16H2,1-3H3/t18-,19+,21+,22-,23+,25+,26-/m1/s1. The van der Waals surface area contributed by atoms with E-state index in [-0.39, 0.29) is 21.8 Å². The SMILES string of the molecule is Cc1ccc(S(=O)(=O)O[C@H]2CC[C@@]3(C)[C@H](CC[C@H]4[C@H]5CCC(=O)[C@]5(C)CC[C@@H]43)C2)cc1. The Bertz CT molecular complexity index is 968. The lowest BCUT2D eigenvalue weighted by molar-refractivity contribution is -0.141. The van der Waals surface area contributed by atoms with Gasteiger partial charge in [-0.1, -0.05) is 31.5 Å². The third kappa shape index (κ3) is 3.42. The highest BCUT2D eigenvalue weighted by atomic mass is 32.2. The molecule has 0 aliphatic heterocycles. The summed E-state index contributed by atoms with van der Waals surface area (Å²) in [5.74, 6) is 2.92. The fourth-order valence-corrected chi connectivity index (χ4v) is 9.13. The topological polar surface area (TPSA) is 60.4 Å². The molecule has 0 saturated heterocycles. The van der Waals surface area contributed by atoms with Crippen LogP contribution in [0, 0.1) is 41.4 Å². The Hall–Kier alpha value is -1.20. The molecule has 4 fully saturated rings. The van der Waals surface area contributed by atoms with Gasteiger partial charge in [0.15, 0.2) is 0 Å². The molecule has 0 amide bonds. The molecular weight excluding hydrogens is 408 g/mol. The third-order valence-electron chi connectivity index (χ3n) is 9.90. The summed E-state index contributed by atoms with van der Waals surface area (Å²) in [6.07, 6.45) is 8.85. The van der Waals surface area contributed by atoms with Gasteiger partial charge in [-0.15, -0.1) is 0 Å². The summed E-state index contributed by atoms with van der Waals surface area (Å²) in [5, 5.41) is 0. The lowest BCUT2D eigenvalue weighted by atomic mass is 9.45. The van der Waals surface area contributed by atoms with Gasteiger partial charge in [0.05, 0.1) is 11.0 Å². The Morgan fingerprint density at radius 1 is 0.935 bits per heavy atom. The molecule has 0 spiro atoms. The number of ketones is 1. The molecule has 0 aromatic heterocycles. The number of carbonyl (C=O) groups excluding carboxylic acids is 1. The number of Topliss-reactive ketones (excluding diaryl/α,β-unsaturated/α-hetero) is 1. The van der Waals surface area contributed by atoms with Crippen LogP contribution in [0.3, 0.4) is 0 Å². The first-order valence-corrected chi connectivity index (χ1v) is 13.6. The van der Waals surface area contributed by atoms with E-state index in [2.05, 4.69) is 13.8 Å². The molecule has 1 aromatic rings. The first-order valence-electron chi connectivity index (χ1n) is 12.2. The molecule has 4 saturated carbocycles. The number of benzene rings is 1. The minimum Gasteiger partial charge on any atom is -0.299 e. The van der Waals surface area contributed by atoms with E-state index in [0.29, 0.717) is 29.5 Å². The maximum Gasteiger partial charge on any atom is 0.297 e. The Labute approximate surface area is 187 Å². The minimum atomic E-state index is -3.72. The number of carbonyl (C=O) groups is 1. The Morgan fingerprint density at radius 3 is 2.42 bits per heavy atom. The van der Waals surface area contributed by atoms with Gasteiger partial charge >= 0.3 is 0 Å². The van der Waals surface area contributed by atoms with Crippen molar-refractivity contribution >= 4 is 15.9 Å². The second kappa shape index (κ2) is 7.41. The Morgan fingerprint density at radius 2 is 1.68 bits per heavy atom. The number of hydrogen-bond acceptors (Lipinski definition) is 4. The van der Waals surface area contributed by atoms with Crippen LogP contribution in [-0.4, -0.2) is 20.3 Å². The summed E-state index contributed by atoms with van der Waals surface area (Å²) in [7, 11) is -3.72. The van der Waals surface area contributed by atoms with E-state index >= 15 is 0 Å². The number of rotatable bonds is 3. The van der Waals surface area contributed by atoms with Crippen LogP contribution in [-0.2, 0) is 19.1 Å². The van der Waals surface area contributed by atoms with Crippen molar-refractivity contribution in [3.8, 4) is 0 Å². The summed E-state index contributed by atoms with van der Waals surface area (Å²) < 4.78 is 31.4. The van der Waals surface area contributed by atoms with Crippen molar-refractivity contribution in [1.82, 2.24) is 0 Å². The quantitative estimate of drug-likeness (QED) is 0.563. The van der Waals surface area contributed by atoms with Crippen LogP contribution in [0.1, 0.15) is 77.2 Å². The van der Waals surface area contributed by atoms with Gasteiger partial charge in [0, 0.05) is 11.8 Å². The predicted octanol–water partition coefficient (Wildman–Crippen LogP) is 5.68. The molecule has 5 heteroatoms. The third-order valence-corrected chi connectivity index (χ3v) is 11.3. The fourth-order valence-electron chi connectivity index (χ4n) is 8.02. The molecule has 0 heterocycles. The van der Waals surface area contributed by atoms with Crippen LogP contribution >= 0.6 is 0 Å². The molecule has 4 aliphatic rings. The van der Waals surface area contributed by atoms with Gasteiger partial charge in [0.2, 0.25) is 0 Å². The van der Waals surface area contributed by atoms with Crippen molar-refractivity contribution in [2.45, 2.75) is 89.6 Å². The molecule has 0 radical (unpaired) electrons. The zero-order chi connectivity index (χ0) is 22.0. The second-order valence-electron chi connectivity index (χ2n) is 11.3. The molecule has 4 nitrogen and oxygen atoms in total. The van der Waals surface area contributed by atoms with Crippen LogP contribution < -0.4 is 0 Å². The van der Waals surface area contributed by atoms with Crippen molar-refractivity contribution in [3.63, 3.8) is 0 Å². The number of fused-ring (bicyclic) bond motifs is 5. The van der Waals surface area contributed by atoms with E-state index in [4.69, 9.17) is 4.18 Å². The number of hydrogen-bond donors (Lipinski definition) is 0. The van der Waals surface area contributed by atoms with Gasteiger partial charge < -0.3 is 0 Å². The molecule has 0 bridgehead atoms. The summed E-state index contributed by atoms with van der Waals surface area (Å²) in [4.78, 5) is 12.9. The van der Waals surface area contributed by atoms with Gasteiger partial charge in [0.25, 0.3) is 10.1 Å². The maximum atomic E-state index is 12.8. The monoisotopic (exact) mass is 444 g/mol. The predicted molar refractivity (Wildman–Crippen MR) is 120 cm³/mol. The van der Waals surface area contributed by atoms with Gasteiger partial charge in [-0.3, -0.25) is 8.98 Å². The maximum absolute atomic E-state index is 12.8. The van der Waals surface area contributed by atoms with Gasteiger partial charge in [0.1, 0.15) is 5.78 Å². The first-order chi connectivity index (χ1) is 14.6. The van der Waals surface area contributed by atoms with Crippen molar-refractivity contribution in [1.29, 1.82) is 0 Å². The van der Waals surface area contributed by atoms with E-state index in [1.54, 1.807) is 12.1 Å². The van der Waals surface area contributed by atoms with Gasteiger partial charge in [-0.05, 0) is 99.5 Å². The highest BCUT2D eigenvalue weighted by Gasteiger charge is 2.60. The fraction of sp³-hybridized carbons (Fsp3) is 0.731. The first kappa shape index (κ1) is 21.6. The van der Waals surface area contributed by atoms with Crippen LogP contribution in [0.4, 0.5) is 0 Å². The molecule has 31 heavy (non-hydrogen) atoms. The highest BCUT2D eigenvalue weighted by Crippen LogP contribution is 2.65. The average Bonchev–Trinajstić information content (AvgIpc) is 3.03. The smallest absolute Gasteiger partial charge is 0.297 e. The normalized spacial score (nSPS) is 42.5. The average molecular weight is 445 g/mol. The molecule has 4 aliphatic carbocycles. The summed E-state index contributed by atoms with van der Waals surface area (Å²) in [5.41, 5.74) is 1.22. The van der Waals surface area contributed by atoms with Crippen molar-refractivity contribution in [2.24, 2.45) is 34.5 Å². The molecule has 7 atom stereocenters. The van der Waals surface area contributed by atoms with E-state index < -0.39 is 10.1 Å². The zero-order valence-corrected chi connectivity index (χ0v) is 19.9. The van der Waals surface area contributed by atoms with E-state index in [9.17, 15) is 13.2 Å². The lowest BCUT2D eigenvalue weighted by Gasteiger charge is -2.60. The summed E-state index contributed by atoms with van der Waals surface area (Å²) in [6, 6.07) is 6.93. The molecular formula is C26H36O4S. The van der Waals surface area contributed by atoms with Crippen LogP contribution in [0.2, 0.25) is 0 Å². The second-order valence-corrected chi connectivity index (χ2v) is 12.9. The number of aryl methyl sites for hydroxylation is 1. The zero-order valence-electron chi connectivity index (χ0n) is 19.1. The van der Waals surface area contributed by atoms with Crippen molar-refractivity contribution in [2.75, 3.05) is 0 Å². The van der Waals surface area contributed by atoms with E-state index in [0.717, 1.165) is 56.9 Å². The Kier molecular flexibility index (Phi) is 5.17. The van der Waals surface area contributed by atoms with E-state index in [1.165, 1.54) is 6.42 Å². The molecule has 1 aromatic carbocycles. The summed E-state index contributed by atoms with van der Waals surface area (Å²) in [6.45, 7) is 6.64. The van der Waals surface area contributed by atoms with Gasteiger partial charge in [-0.25, -0.2) is 0 Å². The Balaban J connectivity index is 1.30. The molecule has 5 rings (SSSR count). The minimum absolute atomic E-state index is 0.0766. The highest BCUT2D eigenvalue weighted by molar-refractivity contribution is 7.86. The van der Waals surface area contributed by atoms with E-state index in [1.807, 2.05) is 19.1 Å². The van der Waals surface area contributed by atoms with Crippen LogP contribution in [0.15, 0.2) is 29.2 Å². The lowest BCUT2D eigenvalue weighted by Crippen LogP contribution is -2.54. The molecule has 0 N–H and O–H groups in total. The van der Waals surface area contributed by atoms with Gasteiger partial charge in [-0.2, -0.15) is 8.42 Å². The van der Waals surface area contributed by atoms with Crippen molar-refractivity contribution in [3.05, 3.63) is 29.8 Å². The largest absolute Gasteiger partial charge is 0.299 e. The van der Waals surface area contributed by atoms with Crippen LogP contribution in [0.25, 0.3) is 0 Å². The molecule has 170 valence electrons. The van der Waals surface area contributed by atoms with Crippen LogP contribution in [0.5, 0.6) is 0 Å².